The third kappa shape index (κ3) is 4.27. The lowest BCUT2D eigenvalue weighted by Crippen LogP contribution is -2.31. The molecule has 3 aromatic rings. The summed E-state index contributed by atoms with van der Waals surface area (Å²) in [5.74, 6) is 1.05. The lowest BCUT2D eigenvalue weighted by atomic mass is 9.98. The minimum absolute atomic E-state index is 0.0213. The second-order valence-electron chi connectivity index (χ2n) is 7.65. The summed E-state index contributed by atoms with van der Waals surface area (Å²) in [5, 5.41) is 9.01. The van der Waals surface area contributed by atoms with Crippen LogP contribution in [0.3, 0.4) is 0 Å². The van der Waals surface area contributed by atoms with E-state index in [1.807, 2.05) is 0 Å². The Balaban J connectivity index is 1.35. The van der Waals surface area contributed by atoms with E-state index in [1.54, 1.807) is 24.9 Å². The van der Waals surface area contributed by atoms with E-state index in [0.717, 1.165) is 50.4 Å². The zero-order valence-electron chi connectivity index (χ0n) is 17.7. The van der Waals surface area contributed by atoms with E-state index in [1.165, 1.54) is 23.3 Å². The molecule has 2 aromatic carbocycles. The number of unbranched alkanes of at least 4 members (excludes halogenated alkanes) is 1. The number of ether oxygens (including phenoxy) is 2. The van der Waals surface area contributed by atoms with Gasteiger partial charge >= 0.3 is 11.4 Å². The summed E-state index contributed by atoms with van der Waals surface area (Å²) in [7, 11) is 3.30. The van der Waals surface area contributed by atoms with Gasteiger partial charge in [-0.3, -0.25) is 9.47 Å². The number of rotatable bonds is 8. The van der Waals surface area contributed by atoms with Gasteiger partial charge in [0, 0.05) is 25.7 Å². The van der Waals surface area contributed by atoms with Crippen molar-refractivity contribution in [2.75, 3.05) is 27.3 Å². The standard InChI is InChI=1S/C22H26N3O6/c1-29-20-11-15-7-10-23(14-16(15)12-21(20)30-2)8-3-4-9-24-18-6-5-17(25(27)28)13-19(18)31-22(24)26/h5-6,11-13H,3-4,7-10,14H2,1-2H3,(H,27,28)/q+1. The normalized spacial score (nSPS) is 13.9. The predicted octanol–water partition coefficient (Wildman–Crippen LogP) is 3.25. The van der Waals surface area contributed by atoms with Crippen LogP contribution in [-0.4, -0.2) is 46.9 Å². The van der Waals surface area contributed by atoms with Crippen molar-refractivity contribution in [1.82, 2.24) is 9.47 Å². The first kappa shape index (κ1) is 20.9. The summed E-state index contributed by atoms with van der Waals surface area (Å²) >= 11 is 0. The van der Waals surface area contributed by atoms with Crippen molar-refractivity contribution in [2.45, 2.75) is 32.4 Å². The summed E-state index contributed by atoms with van der Waals surface area (Å²) < 4.78 is 17.6. The second kappa shape index (κ2) is 8.81. The van der Waals surface area contributed by atoms with Gasteiger partial charge in [0.2, 0.25) is 0 Å². The molecule has 0 unspecified atom stereocenters. The third-order valence-corrected chi connectivity index (χ3v) is 5.78. The molecule has 0 atom stereocenters. The number of nitrogens with zero attached hydrogens (tertiary/aromatic N) is 3. The van der Waals surface area contributed by atoms with E-state index < -0.39 is 5.76 Å². The number of aryl methyl sites for hydroxylation is 1. The van der Waals surface area contributed by atoms with E-state index in [9.17, 15) is 9.70 Å². The lowest BCUT2D eigenvalue weighted by Gasteiger charge is -2.29. The van der Waals surface area contributed by atoms with Gasteiger partial charge in [0.1, 0.15) is 0 Å². The summed E-state index contributed by atoms with van der Waals surface area (Å²) in [6.07, 6.45) is 2.72. The SMILES string of the molecule is COc1cc2c(cc1OC)CN(CCCCn1c(=O)oc3cc([N+](=O)O)ccc31)CC2. The molecular formula is C22H26N3O6+. The number of hydrogen-bond donors (Lipinski definition) is 1. The molecule has 0 radical (unpaired) electrons. The zero-order valence-corrected chi connectivity index (χ0v) is 17.7. The highest BCUT2D eigenvalue weighted by atomic mass is 16.6. The van der Waals surface area contributed by atoms with Crippen molar-refractivity contribution < 1.29 is 24.0 Å². The molecule has 0 aliphatic carbocycles. The van der Waals surface area contributed by atoms with Crippen molar-refractivity contribution in [3.63, 3.8) is 0 Å². The lowest BCUT2D eigenvalue weighted by molar-refractivity contribution is -0.729. The smallest absolute Gasteiger partial charge is 0.419 e. The molecule has 9 heteroatoms. The fourth-order valence-corrected chi connectivity index (χ4v) is 4.12. The maximum atomic E-state index is 12.2. The van der Waals surface area contributed by atoms with Crippen molar-refractivity contribution in [2.24, 2.45) is 0 Å². The van der Waals surface area contributed by atoms with E-state index in [2.05, 4.69) is 17.0 Å². The highest BCUT2D eigenvalue weighted by Crippen LogP contribution is 2.33. The molecule has 9 nitrogen and oxygen atoms in total. The molecule has 1 N–H and O–H groups in total. The molecule has 0 saturated heterocycles. The van der Waals surface area contributed by atoms with Crippen LogP contribution in [0, 0.1) is 4.91 Å². The predicted molar refractivity (Wildman–Crippen MR) is 113 cm³/mol. The number of benzene rings is 2. The van der Waals surface area contributed by atoms with Gasteiger partial charge in [0.05, 0.1) is 30.7 Å². The Morgan fingerprint density at radius 1 is 1.06 bits per heavy atom. The molecule has 1 aliphatic heterocycles. The van der Waals surface area contributed by atoms with Crippen molar-refractivity contribution >= 4 is 16.8 Å². The van der Waals surface area contributed by atoms with Crippen LogP contribution in [0.5, 0.6) is 11.5 Å². The first-order valence-electron chi connectivity index (χ1n) is 10.3. The first-order valence-corrected chi connectivity index (χ1v) is 10.3. The largest absolute Gasteiger partial charge is 0.493 e. The molecule has 0 spiro atoms. The van der Waals surface area contributed by atoms with Crippen LogP contribution in [0.4, 0.5) is 5.69 Å². The second-order valence-corrected chi connectivity index (χ2v) is 7.65. The topological polar surface area (TPSA) is 97.2 Å². The fourth-order valence-electron chi connectivity index (χ4n) is 4.12. The van der Waals surface area contributed by atoms with Gasteiger partial charge in [-0.1, -0.05) is 0 Å². The summed E-state index contributed by atoms with van der Waals surface area (Å²) in [5.41, 5.74) is 3.48. The Morgan fingerprint density at radius 3 is 2.48 bits per heavy atom. The van der Waals surface area contributed by atoms with Gasteiger partial charge in [0.15, 0.2) is 17.1 Å². The van der Waals surface area contributed by atoms with Gasteiger partial charge in [-0.25, -0.2) is 10.0 Å². The number of oxazole rings is 1. The number of fused-ring (bicyclic) bond motifs is 2. The van der Waals surface area contributed by atoms with E-state index in [0.29, 0.717) is 12.1 Å². The Kier molecular flexibility index (Phi) is 5.94. The Labute approximate surface area is 178 Å². The van der Waals surface area contributed by atoms with Crippen LogP contribution in [0.25, 0.3) is 11.1 Å². The zero-order chi connectivity index (χ0) is 22.0. The highest BCUT2D eigenvalue weighted by molar-refractivity contribution is 5.75. The fraction of sp³-hybridized carbons (Fsp3) is 0.409. The minimum Gasteiger partial charge on any atom is -0.493 e. The van der Waals surface area contributed by atoms with E-state index in [4.69, 9.17) is 19.1 Å². The Bertz CT molecular complexity index is 1170. The van der Waals surface area contributed by atoms with Crippen LogP contribution in [0.15, 0.2) is 39.5 Å². The van der Waals surface area contributed by atoms with Crippen molar-refractivity contribution in [3.8, 4) is 11.5 Å². The molecule has 1 aromatic heterocycles. The molecule has 0 bridgehead atoms. The van der Waals surface area contributed by atoms with Crippen molar-refractivity contribution in [3.05, 3.63) is 56.9 Å². The molecule has 31 heavy (non-hydrogen) atoms. The molecule has 164 valence electrons. The van der Waals surface area contributed by atoms with E-state index in [-0.39, 0.29) is 16.2 Å². The molecular weight excluding hydrogens is 402 g/mol. The van der Waals surface area contributed by atoms with Crippen LogP contribution in [0.2, 0.25) is 0 Å². The van der Waals surface area contributed by atoms with Gasteiger partial charge < -0.3 is 13.9 Å². The van der Waals surface area contributed by atoms with Crippen LogP contribution >= 0.6 is 0 Å². The number of hydrogen-bond acceptors (Lipinski definition) is 6. The molecule has 2 heterocycles. The third-order valence-electron chi connectivity index (χ3n) is 5.78. The van der Waals surface area contributed by atoms with Crippen LogP contribution < -0.4 is 15.2 Å². The maximum Gasteiger partial charge on any atom is 0.419 e. The molecule has 0 saturated carbocycles. The minimum atomic E-state index is -0.463. The van der Waals surface area contributed by atoms with Gasteiger partial charge in [-0.05, 0) is 55.1 Å². The maximum absolute atomic E-state index is 12.2. The molecule has 0 fully saturated rings. The average molecular weight is 428 g/mol. The first-order chi connectivity index (χ1) is 15.0. The number of aromatic nitrogens is 1. The van der Waals surface area contributed by atoms with Crippen LogP contribution in [0.1, 0.15) is 24.0 Å². The Morgan fingerprint density at radius 2 is 1.77 bits per heavy atom. The van der Waals surface area contributed by atoms with Crippen LogP contribution in [-0.2, 0) is 19.5 Å². The van der Waals surface area contributed by atoms with Gasteiger partial charge in [-0.2, -0.15) is 0 Å². The monoisotopic (exact) mass is 428 g/mol. The van der Waals surface area contributed by atoms with Crippen molar-refractivity contribution in [1.29, 1.82) is 0 Å². The Hall–Kier alpha value is -3.33. The molecule has 4 rings (SSSR count). The summed E-state index contributed by atoms with van der Waals surface area (Å²) in [6, 6.07) is 8.54. The quantitative estimate of drug-likeness (QED) is 0.434. The van der Waals surface area contributed by atoms with Gasteiger partial charge in [0.25, 0.3) is 4.92 Å². The highest BCUT2D eigenvalue weighted by Gasteiger charge is 2.20. The molecule has 0 amide bonds. The van der Waals surface area contributed by atoms with Gasteiger partial charge in [-0.15, -0.1) is 0 Å². The molecule has 1 aliphatic rings. The average Bonchev–Trinajstić information content (AvgIpc) is 3.09. The van der Waals surface area contributed by atoms with E-state index >= 15 is 0 Å². The number of methoxy groups -OCH3 is 2. The summed E-state index contributed by atoms with van der Waals surface area (Å²) in [4.78, 5) is 25.3. The summed E-state index contributed by atoms with van der Waals surface area (Å²) in [6.45, 7) is 3.30.